The number of amides is 1. The van der Waals surface area contributed by atoms with Gasteiger partial charge in [-0.1, -0.05) is 39.8 Å². The van der Waals surface area contributed by atoms with Gasteiger partial charge in [-0.25, -0.2) is 0 Å². The number of aryl methyl sites for hydroxylation is 1. The smallest absolute Gasteiger partial charge is 0.230 e. The maximum absolute atomic E-state index is 12.8. The number of anilines is 1. The molecule has 1 aliphatic heterocycles. The number of benzene rings is 1. The van der Waals surface area contributed by atoms with Crippen molar-refractivity contribution in [1.82, 2.24) is 0 Å². The van der Waals surface area contributed by atoms with E-state index in [1.807, 2.05) is 4.90 Å². The first-order valence-electron chi connectivity index (χ1n) is 9.16. The lowest BCUT2D eigenvalue weighted by atomic mass is 9.92. The molecule has 1 aliphatic rings. The number of fused-ring (bicyclic) bond motifs is 1. The molecular formula is C20H32N2O. The molecule has 3 heteroatoms. The molecule has 1 heterocycles. The lowest BCUT2D eigenvalue weighted by molar-refractivity contribution is -0.122. The topological polar surface area (TPSA) is 46.3 Å². The van der Waals surface area contributed by atoms with Crippen LogP contribution in [0.1, 0.15) is 58.1 Å². The van der Waals surface area contributed by atoms with Gasteiger partial charge in [-0.05, 0) is 55.2 Å². The molecule has 0 bridgehead atoms. The van der Waals surface area contributed by atoms with Crippen LogP contribution in [-0.2, 0) is 17.6 Å². The molecule has 0 fully saturated rings. The van der Waals surface area contributed by atoms with Gasteiger partial charge in [-0.3, -0.25) is 4.79 Å². The molecule has 0 spiro atoms. The Labute approximate surface area is 141 Å². The van der Waals surface area contributed by atoms with Crippen LogP contribution in [0.4, 0.5) is 5.69 Å². The normalized spacial score (nSPS) is 15.9. The van der Waals surface area contributed by atoms with E-state index in [-0.39, 0.29) is 12.0 Å². The molecule has 0 aliphatic carbocycles. The van der Waals surface area contributed by atoms with Gasteiger partial charge in [0.15, 0.2) is 0 Å². The summed E-state index contributed by atoms with van der Waals surface area (Å²) in [5.74, 6) is 0.927. The molecule has 2 N–H and O–H groups in total. The van der Waals surface area contributed by atoms with Crippen molar-refractivity contribution in [1.29, 1.82) is 0 Å². The Kier molecular flexibility index (Phi) is 6.23. The van der Waals surface area contributed by atoms with E-state index in [9.17, 15) is 4.79 Å². The van der Waals surface area contributed by atoms with Gasteiger partial charge in [-0.15, -0.1) is 0 Å². The molecule has 23 heavy (non-hydrogen) atoms. The lowest BCUT2D eigenvalue weighted by Crippen LogP contribution is -2.39. The summed E-state index contributed by atoms with van der Waals surface area (Å²) in [7, 11) is 0. The number of nitrogens with two attached hydrogens (primary N) is 1. The highest BCUT2D eigenvalue weighted by Gasteiger charge is 2.27. The minimum absolute atomic E-state index is 0.148. The van der Waals surface area contributed by atoms with Gasteiger partial charge in [0.2, 0.25) is 5.91 Å². The van der Waals surface area contributed by atoms with Crippen LogP contribution in [0.15, 0.2) is 18.2 Å². The molecule has 1 amide bonds. The zero-order valence-corrected chi connectivity index (χ0v) is 15.1. The Morgan fingerprint density at radius 3 is 2.57 bits per heavy atom. The van der Waals surface area contributed by atoms with Gasteiger partial charge in [0.25, 0.3) is 0 Å². The number of nitrogens with zero attached hydrogens (tertiary/aromatic N) is 1. The molecule has 0 aromatic heterocycles. The van der Waals surface area contributed by atoms with Crippen molar-refractivity contribution < 1.29 is 4.79 Å². The highest BCUT2D eigenvalue weighted by molar-refractivity contribution is 5.96. The standard InChI is InChI=1S/C20H32N2O/c1-5-16(6-2)20(23)22-11-7-8-17-12-15(9-10-19(17)22)13-18(21)14(3)4/h9-10,12,14,16,18H,5-8,11,13,21H2,1-4H3. The lowest BCUT2D eigenvalue weighted by Gasteiger charge is -2.32. The quantitative estimate of drug-likeness (QED) is 0.864. The molecule has 1 aromatic carbocycles. The number of hydrogen-bond donors (Lipinski definition) is 1. The van der Waals surface area contributed by atoms with E-state index in [2.05, 4.69) is 45.9 Å². The second kappa shape index (κ2) is 7.96. The zero-order chi connectivity index (χ0) is 17.0. The molecule has 128 valence electrons. The van der Waals surface area contributed by atoms with E-state index in [4.69, 9.17) is 5.73 Å². The molecular weight excluding hydrogens is 284 g/mol. The average Bonchev–Trinajstić information content (AvgIpc) is 2.54. The number of carbonyl (C=O) groups excluding carboxylic acids is 1. The third-order valence-electron chi connectivity index (χ3n) is 5.19. The van der Waals surface area contributed by atoms with E-state index in [0.29, 0.717) is 11.8 Å². The summed E-state index contributed by atoms with van der Waals surface area (Å²) in [6.07, 6.45) is 4.86. The third kappa shape index (κ3) is 4.14. The number of hydrogen-bond acceptors (Lipinski definition) is 2. The predicted octanol–water partition coefficient (Wildman–Crippen LogP) is 3.93. The summed E-state index contributed by atoms with van der Waals surface area (Å²) in [5, 5.41) is 0. The monoisotopic (exact) mass is 316 g/mol. The molecule has 0 saturated heterocycles. The number of rotatable bonds is 6. The van der Waals surface area contributed by atoms with Crippen LogP contribution in [0.3, 0.4) is 0 Å². The summed E-state index contributed by atoms with van der Waals surface area (Å²) in [6.45, 7) is 9.39. The number of carbonyl (C=O) groups is 1. The molecule has 1 atom stereocenters. The van der Waals surface area contributed by atoms with E-state index in [0.717, 1.165) is 44.3 Å². The molecule has 0 radical (unpaired) electrons. The van der Waals surface area contributed by atoms with Crippen molar-refractivity contribution in [2.75, 3.05) is 11.4 Å². The van der Waals surface area contributed by atoms with Crippen LogP contribution in [0.2, 0.25) is 0 Å². The fourth-order valence-electron chi connectivity index (χ4n) is 3.37. The van der Waals surface area contributed by atoms with Gasteiger partial charge in [-0.2, -0.15) is 0 Å². The Morgan fingerprint density at radius 2 is 1.96 bits per heavy atom. The van der Waals surface area contributed by atoms with Crippen LogP contribution in [0.25, 0.3) is 0 Å². The Morgan fingerprint density at radius 1 is 1.26 bits per heavy atom. The van der Waals surface area contributed by atoms with Crippen molar-refractivity contribution in [2.24, 2.45) is 17.6 Å². The molecule has 1 unspecified atom stereocenters. The van der Waals surface area contributed by atoms with Crippen molar-refractivity contribution in [3.8, 4) is 0 Å². The Balaban J connectivity index is 2.21. The largest absolute Gasteiger partial charge is 0.327 e. The van der Waals surface area contributed by atoms with Gasteiger partial charge in [0.05, 0.1) is 0 Å². The van der Waals surface area contributed by atoms with Crippen molar-refractivity contribution in [3.05, 3.63) is 29.3 Å². The van der Waals surface area contributed by atoms with E-state index < -0.39 is 0 Å². The van der Waals surface area contributed by atoms with Crippen LogP contribution >= 0.6 is 0 Å². The van der Waals surface area contributed by atoms with Gasteiger partial charge in [0, 0.05) is 24.2 Å². The first kappa shape index (κ1) is 18.0. The highest BCUT2D eigenvalue weighted by Crippen LogP contribution is 2.30. The predicted molar refractivity (Wildman–Crippen MR) is 97.7 cm³/mol. The molecule has 0 saturated carbocycles. The van der Waals surface area contributed by atoms with Crippen molar-refractivity contribution in [3.63, 3.8) is 0 Å². The summed E-state index contributed by atoms with van der Waals surface area (Å²) in [6, 6.07) is 6.75. The van der Waals surface area contributed by atoms with E-state index in [1.54, 1.807) is 0 Å². The average molecular weight is 316 g/mol. The van der Waals surface area contributed by atoms with Crippen LogP contribution in [0, 0.1) is 11.8 Å². The maximum atomic E-state index is 12.8. The van der Waals surface area contributed by atoms with E-state index >= 15 is 0 Å². The second-order valence-electron chi connectivity index (χ2n) is 7.18. The molecule has 2 rings (SSSR count). The Bertz CT molecular complexity index is 534. The summed E-state index contributed by atoms with van der Waals surface area (Å²) in [5.41, 5.74) is 9.93. The zero-order valence-electron chi connectivity index (χ0n) is 15.1. The van der Waals surface area contributed by atoms with Gasteiger partial charge in [0.1, 0.15) is 0 Å². The minimum Gasteiger partial charge on any atom is -0.327 e. The first-order chi connectivity index (χ1) is 11.0. The van der Waals surface area contributed by atoms with Gasteiger partial charge < -0.3 is 10.6 Å². The Hall–Kier alpha value is -1.35. The fraction of sp³-hybridized carbons (Fsp3) is 0.650. The van der Waals surface area contributed by atoms with Crippen molar-refractivity contribution >= 4 is 11.6 Å². The van der Waals surface area contributed by atoms with Crippen LogP contribution < -0.4 is 10.6 Å². The SMILES string of the molecule is CCC(CC)C(=O)N1CCCc2cc(CC(N)C(C)C)ccc21. The van der Waals surface area contributed by atoms with Crippen LogP contribution in [-0.4, -0.2) is 18.5 Å². The first-order valence-corrected chi connectivity index (χ1v) is 9.16. The molecule has 3 nitrogen and oxygen atoms in total. The van der Waals surface area contributed by atoms with Crippen molar-refractivity contribution in [2.45, 2.75) is 65.8 Å². The molecule has 1 aromatic rings. The van der Waals surface area contributed by atoms with Gasteiger partial charge >= 0.3 is 0 Å². The van der Waals surface area contributed by atoms with Crippen LogP contribution in [0.5, 0.6) is 0 Å². The minimum atomic E-state index is 0.148. The fourth-order valence-corrected chi connectivity index (χ4v) is 3.37. The third-order valence-corrected chi connectivity index (χ3v) is 5.19. The highest BCUT2D eigenvalue weighted by atomic mass is 16.2. The summed E-state index contributed by atoms with van der Waals surface area (Å²) in [4.78, 5) is 14.8. The summed E-state index contributed by atoms with van der Waals surface area (Å²) >= 11 is 0. The summed E-state index contributed by atoms with van der Waals surface area (Å²) < 4.78 is 0. The second-order valence-corrected chi connectivity index (χ2v) is 7.18. The van der Waals surface area contributed by atoms with E-state index in [1.165, 1.54) is 11.1 Å². The maximum Gasteiger partial charge on any atom is 0.230 e.